The molecule has 0 spiro atoms. The third kappa shape index (κ3) is 5.57. The van der Waals surface area contributed by atoms with Crippen LogP contribution in [-0.2, 0) is 31.5 Å². The standard InChI is InChI=1S/C34H31N5O5/c1-22-27(19-32(40)41)23(2)39(36-22)26-14-15-28-30(18-26)37(3)34(42)38(28)29-16-17-31(43-20-24-10-6-4-7-11-24)35-33(29)44-21-25-12-8-5-9-13-25/h4-18H,19-21H2,1-3H3,(H,40,41). The van der Waals surface area contributed by atoms with Crippen LogP contribution >= 0.6 is 0 Å². The van der Waals surface area contributed by atoms with E-state index in [1.807, 2.05) is 85.8 Å². The summed E-state index contributed by atoms with van der Waals surface area (Å²) in [6.45, 7) is 4.23. The Balaban J connectivity index is 1.41. The molecule has 10 heteroatoms. The van der Waals surface area contributed by atoms with Crippen LogP contribution in [0.25, 0.3) is 22.4 Å². The van der Waals surface area contributed by atoms with Crippen molar-refractivity contribution in [1.82, 2.24) is 23.9 Å². The molecule has 0 aliphatic heterocycles. The Hall–Kier alpha value is -5.64. The van der Waals surface area contributed by atoms with Gasteiger partial charge in [0, 0.05) is 24.4 Å². The highest BCUT2D eigenvalue weighted by atomic mass is 16.5. The van der Waals surface area contributed by atoms with Crippen LogP contribution in [0.3, 0.4) is 0 Å². The van der Waals surface area contributed by atoms with Crippen molar-refractivity contribution in [3.63, 3.8) is 0 Å². The first kappa shape index (κ1) is 28.5. The maximum absolute atomic E-state index is 13.7. The fraction of sp³-hybridized carbons (Fsp3) is 0.176. The molecule has 0 saturated carbocycles. The smallest absolute Gasteiger partial charge is 0.333 e. The van der Waals surface area contributed by atoms with Crippen molar-refractivity contribution in [3.8, 4) is 23.1 Å². The van der Waals surface area contributed by atoms with Crippen LogP contribution in [0.4, 0.5) is 0 Å². The topological polar surface area (TPSA) is 113 Å². The van der Waals surface area contributed by atoms with E-state index in [-0.39, 0.29) is 24.6 Å². The number of carboxylic acids is 1. The predicted molar refractivity (Wildman–Crippen MR) is 166 cm³/mol. The van der Waals surface area contributed by atoms with Crippen molar-refractivity contribution in [2.24, 2.45) is 7.05 Å². The van der Waals surface area contributed by atoms with E-state index in [2.05, 4.69) is 10.1 Å². The van der Waals surface area contributed by atoms with E-state index in [4.69, 9.17) is 9.47 Å². The number of carboxylic acid groups (broad SMARTS) is 1. The van der Waals surface area contributed by atoms with Crippen LogP contribution in [0.5, 0.6) is 11.8 Å². The first-order valence-electron chi connectivity index (χ1n) is 14.1. The SMILES string of the molecule is Cc1nn(-c2ccc3c(c2)n(C)c(=O)n3-c2ccc(OCc3ccccc3)nc2OCc2ccccc2)c(C)c1CC(=O)O. The number of hydrogen-bond acceptors (Lipinski definition) is 6. The molecule has 3 aromatic carbocycles. The van der Waals surface area contributed by atoms with Crippen molar-refractivity contribution in [3.05, 3.63) is 130 Å². The molecule has 0 bridgehead atoms. The molecule has 3 heterocycles. The highest BCUT2D eigenvalue weighted by Gasteiger charge is 2.21. The van der Waals surface area contributed by atoms with Crippen molar-refractivity contribution in [2.45, 2.75) is 33.5 Å². The van der Waals surface area contributed by atoms with Gasteiger partial charge >= 0.3 is 11.7 Å². The number of hydrogen-bond donors (Lipinski definition) is 1. The molecule has 222 valence electrons. The highest BCUT2D eigenvalue weighted by Crippen LogP contribution is 2.29. The molecular weight excluding hydrogens is 558 g/mol. The first-order valence-corrected chi connectivity index (χ1v) is 14.1. The fourth-order valence-electron chi connectivity index (χ4n) is 5.25. The summed E-state index contributed by atoms with van der Waals surface area (Å²) < 4.78 is 17.0. The van der Waals surface area contributed by atoms with Gasteiger partial charge in [0.05, 0.1) is 28.8 Å². The molecule has 10 nitrogen and oxygen atoms in total. The zero-order chi connectivity index (χ0) is 30.8. The van der Waals surface area contributed by atoms with E-state index in [1.165, 1.54) is 0 Å². The van der Waals surface area contributed by atoms with E-state index in [0.717, 1.165) is 16.8 Å². The van der Waals surface area contributed by atoms with Crippen LogP contribution < -0.4 is 15.2 Å². The molecular formula is C34H31N5O5. The van der Waals surface area contributed by atoms with Crippen molar-refractivity contribution in [1.29, 1.82) is 0 Å². The van der Waals surface area contributed by atoms with Crippen LogP contribution in [0.1, 0.15) is 28.1 Å². The second-order valence-corrected chi connectivity index (χ2v) is 10.5. The lowest BCUT2D eigenvalue weighted by Gasteiger charge is -2.14. The highest BCUT2D eigenvalue weighted by molar-refractivity contribution is 5.81. The number of fused-ring (bicyclic) bond motifs is 1. The Morgan fingerprint density at radius 1 is 0.841 bits per heavy atom. The summed E-state index contributed by atoms with van der Waals surface area (Å²) >= 11 is 0. The van der Waals surface area contributed by atoms with Crippen molar-refractivity contribution < 1.29 is 19.4 Å². The average molecular weight is 590 g/mol. The molecule has 0 unspecified atom stereocenters. The monoisotopic (exact) mass is 589 g/mol. The molecule has 6 aromatic rings. The molecule has 0 aliphatic rings. The van der Waals surface area contributed by atoms with Gasteiger partial charge in [0.15, 0.2) is 0 Å². The van der Waals surface area contributed by atoms with E-state index in [0.29, 0.717) is 46.2 Å². The average Bonchev–Trinajstić information content (AvgIpc) is 3.46. The molecule has 0 radical (unpaired) electrons. The van der Waals surface area contributed by atoms with Crippen molar-refractivity contribution >= 4 is 17.0 Å². The van der Waals surface area contributed by atoms with Gasteiger partial charge in [0.1, 0.15) is 18.9 Å². The number of aryl methyl sites for hydroxylation is 2. The van der Waals surface area contributed by atoms with Gasteiger partial charge in [-0.15, -0.1) is 0 Å². The summed E-state index contributed by atoms with van der Waals surface area (Å²) in [6.07, 6.45) is -0.113. The van der Waals surface area contributed by atoms with E-state index in [1.54, 1.807) is 39.9 Å². The van der Waals surface area contributed by atoms with E-state index in [9.17, 15) is 14.7 Å². The van der Waals surface area contributed by atoms with Gasteiger partial charge in [-0.1, -0.05) is 60.7 Å². The summed E-state index contributed by atoms with van der Waals surface area (Å²) in [5, 5.41) is 13.9. The van der Waals surface area contributed by atoms with Gasteiger partial charge in [-0.25, -0.2) is 9.48 Å². The lowest BCUT2D eigenvalue weighted by atomic mass is 10.1. The molecule has 0 atom stereocenters. The zero-order valence-electron chi connectivity index (χ0n) is 24.6. The second kappa shape index (κ2) is 11.9. The summed E-state index contributed by atoms with van der Waals surface area (Å²) in [5.41, 5.74) is 6.25. The van der Waals surface area contributed by atoms with Crippen LogP contribution in [0.15, 0.2) is 95.8 Å². The maximum atomic E-state index is 13.7. The predicted octanol–water partition coefficient (Wildman–Crippen LogP) is 5.31. The van der Waals surface area contributed by atoms with Gasteiger partial charge < -0.3 is 14.6 Å². The zero-order valence-corrected chi connectivity index (χ0v) is 24.6. The van der Waals surface area contributed by atoms with Gasteiger partial charge in [-0.2, -0.15) is 10.1 Å². The number of benzene rings is 3. The summed E-state index contributed by atoms with van der Waals surface area (Å²) in [4.78, 5) is 29.8. The minimum Gasteiger partial charge on any atom is -0.481 e. The summed E-state index contributed by atoms with van der Waals surface area (Å²) in [7, 11) is 1.71. The van der Waals surface area contributed by atoms with E-state index >= 15 is 0 Å². The molecule has 1 N–H and O–H groups in total. The number of nitrogens with zero attached hydrogens (tertiary/aromatic N) is 5. The normalized spacial score (nSPS) is 11.2. The number of aliphatic carboxylic acids is 1. The Morgan fingerprint density at radius 2 is 1.50 bits per heavy atom. The van der Waals surface area contributed by atoms with Crippen LogP contribution in [0, 0.1) is 13.8 Å². The Kier molecular flexibility index (Phi) is 7.72. The number of imidazole rings is 1. The minimum atomic E-state index is -0.916. The number of aromatic nitrogens is 5. The first-order chi connectivity index (χ1) is 21.3. The van der Waals surface area contributed by atoms with Crippen molar-refractivity contribution in [2.75, 3.05) is 0 Å². The molecule has 6 rings (SSSR count). The third-order valence-electron chi connectivity index (χ3n) is 7.56. The molecule has 0 amide bonds. The molecule has 3 aromatic heterocycles. The van der Waals surface area contributed by atoms with Gasteiger partial charge in [-0.3, -0.25) is 13.9 Å². The summed E-state index contributed by atoms with van der Waals surface area (Å²) in [5.74, 6) is -0.283. The Labute approximate surface area is 253 Å². The fourth-order valence-corrected chi connectivity index (χ4v) is 5.25. The maximum Gasteiger partial charge on any atom is 0.333 e. The Bertz CT molecular complexity index is 2030. The van der Waals surface area contributed by atoms with Crippen LogP contribution in [-0.4, -0.2) is 35.0 Å². The number of pyridine rings is 1. The minimum absolute atomic E-state index is 0.113. The van der Waals surface area contributed by atoms with Gasteiger partial charge in [-0.05, 0) is 49.2 Å². The van der Waals surface area contributed by atoms with E-state index < -0.39 is 5.97 Å². The van der Waals surface area contributed by atoms with Gasteiger partial charge in [0.25, 0.3) is 0 Å². The second-order valence-electron chi connectivity index (χ2n) is 10.5. The third-order valence-corrected chi connectivity index (χ3v) is 7.56. The molecule has 0 fully saturated rings. The molecule has 44 heavy (non-hydrogen) atoms. The number of ether oxygens (including phenoxy) is 2. The number of carbonyl (C=O) groups is 1. The summed E-state index contributed by atoms with van der Waals surface area (Å²) in [6, 6.07) is 28.6. The number of rotatable bonds is 10. The van der Waals surface area contributed by atoms with Crippen LogP contribution in [0.2, 0.25) is 0 Å². The largest absolute Gasteiger partial charge is 0.481 e. The Morgan fingerprint density at radius 3 is 2.16 bits per heavy atom. The lowest BCUT2D eigenvalue weighted by Crippen LogP contribution is -2.21. The molecule has 0 saturated heterocycles. The quantitative estimate of drug-likeness (QED) is 0.230. The lowest BCUT2D eigenvalue weighted by molar-refractivity contribution is -0.136. The van der Waals surface area contributed by atoms with Gasteiger partial charge in [0.2, 0.25) is 11.8 Å². The molecule has 0 aliphatic carbocycles.